The zero-order chi connectivity index (χ0) is 20.8. The van der Waals surface area contributed by atoms with Crippen LogP contribution in [0.1, 0.15) is 31.4 Å². The fourth-order valence-corrected chi connectivity index (χ4v) is 4.82. The van der Waals surface area contributed by atoms with Gasteiger partial charge in [0.25, 0.3) is 11.8 Å². The van der Waals surface area contributed by atoms with Gasteiger partial charge in [-0.05, 0) is 30.5 Å². The highest BCUT2D eigenvalue weighted by Crippen LogP contribution is 2.27. The Balaban J connectivity index is 1.58. The van der Waals surface area contributed by atoms with Crippen LogP contribution in [-0.4, -0.2) is 29.4 Å². The lowest BCUT2D eigenvalue weighted by Crippen LogP contribution is -2.22. The molecule has 2 heterocycles. The van der Waals surface area contributed by atoms with E-state index in [1.807, 2.05) is 24.4 Å². The number of nitrogens with one attached hydrogen (secondary N) is 1. The quantitative estimate of drug-likeness (QED) is 0.402. The molecule has 2 aromatic heterocycles. The van der Waals surface area contributed by atoms with Crippen molar-refractivity contribution in [3.8, 4) is 0 Å². The highest BCUT2D eigenvalue weighted by Gasteiger charge is 2.17. The lowest BCUT2D eigenvalue weighted by Gasteiger charge is -2.09. The van der Waals surface area contributed by atoms with Crippen LogP contribution >= 0.6 is 34.4 Å². The zero-order valence-corrected chi connectivity index (χ0v) is 17.8. The van der Waals surface area contributed by atoms with Crippen LogP contribution in [0.2, 0.25) is 0 Å². The van der Waals surface area contributed by atoms with E-state index >= 15 is 0 Å². The van der Waals surface area contributed by atoms with E-state index in [2.05, 4.69) is 10.3 Å². The van der Waals surface area contributed by atoms with Crippen LogP contribution < -0.4 is 11.1 Å². The van der Waals surface area contributed by atoms with Crippen molar-refractivity contribution in [3.05, 3.63) is 62.9 Å². The van der Waals surface area contributed by atoms with Crippen LogP contribution in [0.5, 0.6) is 0 Å². The summed E-state index contributed by atoms with van der Waals surface area (Å²) >= 11 is 4.22. The number of thiophene rings is 1. The summed E-state index contributed by atoms with van der Waals surface area (Å²) in [5, 5.41) is 7.47. The van der Waals surface area contributed by atoms with Crippen molar-refractivity contribution in [2.75, 3.05) is 11.9 Å². The van der Waals surface area contributed by atoms with Gasteiger partial charge >= 0.3 is 5.97 Å². The lowest BCUT2D eigenvalue weighted by molar-refractivity contribution is -0.119. The second-order valence-electron chi connectivity index (χ2n) is 5.79. The van der Waals surface area contributed by atoms with Gasteiger partial charge in [-0.1, -0.05) is 12.1 Å². The van der Waals surface area contributed by atoms with Gasteiger partial charge in [0, 0.05) is 16.0 Å². The highest BCUT2D eigenvalue weighted by molar-refractivity contribution is 7.98. The third-order valence-electron chi connectivity index (χ3n) is 3.67. The molecule has 0 bridgehead atoms. The molecule has 0 spiro atoms. The molecule has 0 saturated carbocycles. The molecule has 0 aliphatic heterocycles. The summed E-state index contributed by atoms with van der Waals surface area (Å²) < 4.78 is 5.15. The summed E-state index contributed by atoms with van der Waals surface area (Å²) in [6, 6.07) is 8.56. The topological polar surface area (TPSA) is 111 Å². The fourth-order valence-electron chi connectivity index (χ4n) is 2.36. The van der Waals surface area contributed by atoms with E-state index in [0.717, 1.165) is 26.9 Å². The first-order chi connectivity index (χ1) is 13.9. The number of carbonyl (C=O) groups excluding carboxylic acids is 3. The largest absolute Gasteiger partial charge is 0.452 e. The predicted molar refractivity (Wildman–Crippen MR) is 115 cm³/mol. The smallest absolute Gasteiger partial charge is 0.339 e. The number of primary amides is 1. The number of hydrogen-bond acceptors (Lipinski definition) is 8. The molecule has 0 fully saturated rings. The number of nitrogens with zero attached hydrogens (tertiary/aromatic N) is 1. The second kappa shape index (κ2) is 9.68. The number of aromatic nitrogens is 1. The van der Waals surface area contributed by atoms with Crippen molar-refractivity contribution in [3.63, 3.8) is 0 Å². The number of nitrogens with two attached hydrogens (primary N) is 1. The van der Waals surface area contributed by atoms with Crippen LogP contribution in [0, 0.1) is 6.92 Å². The van der Waals surface area contributed by atoms with Gasteiger partial charge in [-0.25, -0.2) is 9.78 Å². The number of ether oxygens (including phenoxy) is 1. The monoisotopic (exact) mass is 447 g/mol. The van der Waals surface area contributed by atoms with Crippen molar-refractivity contribution in [2.45, 2.75) is 17.6 Å². The van der Waals surface area contributed by atoms with E-state index in [1.54, 1.807) is 28.8 Å². The Morgan fingerprint density at radius 2 is 1.97 bits per heavy atom. The highest BCUT2D eigenvalue weighted by atomic mass is 32.2. The Kier molecular flexibility index (Phi) is 7.02. The normalized spacial score (nSPS) is 10.5. The number of hydrogen-bond donors (Lipinski definition) is 2. The third kappa shape index (κ3) is 5.66. The Bertz CT molecular complexity index is 1040. The molecule has 0 radical (unpaired) electrons. The summed E-state index contributed by atoms with van der Waals surface area (Å²) in [6.45, 7) is 1.47. The van der Waals surface area contributed by atoms with Crippen LogP contribution in [-0.2, 0) is 15.3 Å². The molecular weight excluding hydrogens is 430 g/mol. The third-order valence-corrected chi connectivity index (χ3v) is 6.43. The molecule has 10 heteroatoms. The van der Waals surface area contributed by atoms with Gasteiger partial charge in [-0.3, -0.25) is 9.59 Å². The second-order valence-corrected chi connectivity index (χ2v) is 8.79. The molecule has 1 aromatic carbocycles. The summed E-state index contributed by atoms with van der Waals surface area (Å²) in [4.78, 5) is 41.0. The molecule has 2 amide bonds. The van der Waals surface area contributed by atoms with E-state index in [9.17, 15) is 14.4 Å². The molecular formula is C19H17N3O4S3. The van der Waals surface area contributed by atoms with Crippen molar-refractivity contribution in [1.29, 1.82) is 0 Å². The van der Waals surface area contributed by atoms with Crippen molar-refractivity contribution in [1.82, 2.24) is 4.98 Å². The summed E-state index contributed by atoms with van der Waals surface area (Å²) in [7, 11) is 0. The Morgan fingerprint density at radius 3 is 2.69 bits per heavy atom. The molecule has 0 unspecified atom stereocenters. The number of esters is 1. The maximum atomic E-state index is 12.5. The van der Waals surface area contributed by atoms with Gasteiger partial charge in [0.1, 0.15) is 5.00 Å². The molecule has 7 nitrogen and oxygen atoms in total. The molecule has 3 aromatic rings. The van der Waals surface area contributed by atoms with Crippen LogP contribution in [0.4, 0.5) is 5.00 Å². The van der Waals surface area contributed by atoms with E-state index < -0.39 is 24.4 Å². The minimum absolute atomic E-state index is 0.216. The molecule has 29 heavy (non-hydrogen) atoms. The first-order valence-electron chi connectivity index (χ1n) is 8.41. The number of anilines is 1. The molecule has 3 N–H and O–H groups in total. The average Bonchev–Trinajstić information content (AvgIpc) is 3.33. The SMILES string of the molecule is Cc1nc(CSc2ccccc2C(=O)OCC(=O)Nc2sccc2C(N)=O)cs1. The number of carbonyl (C=O) groups is 3. The number of aryl methyl sites for hydroxylation is 1. The van der Waals surface area contributed by atoms with Crippen molar-refractivity contribution in [2.24, 2.45) is 5.73 Å². The maximum Gasteiger partial charge on any atom is 0.339 e. The van der Waals surface area contributed by atoms with E-state index in [1.165, 1.54) is 17.8 Å². The van der Waals surface area contributed by atoms with Gasteiger partial charge in [-0.15, -0.1) is 34.4 Å². The molecule has 0 aliphatic carbocycles. The number of amides is 2. The minimum atomic E-state index is -0.639. The van der Waals surface area contributed by atoms with Crippen LogP contribution in [0.25, 0.3) is 0 Å². The zero-order valence-electron chi connectivity index (χ0n) is 15.3. The summed E-state index contributed by atoms with van der Waals surface area (Å²) in [5.74, 6) is -1.16. The van der Waals surface area contributed by atoms with Gasteiger partial charge in [0.15, 0.2) is 6.61 Å². The lowest BCUT2D eigenvalue weighted by atomic mass is 10.2. The summed E-state index contributed by atoms with van der Waals surface area (Å²) in [5.41, 5.74) is 6.79. The Labute approximate surface area is 179 Å². The van der Waals surface area contributed by atoms with Gasteiger partial charge < -0.3 is 15.8 Å². The predicted octanol–water partition coefficient (Wildman–Crippen LogP) is 3.70. The number of benzene rings is 1. The average molecular weight is 448 g/mol. The molecule has 0 saturated heterocycles. The number of thioether (sulfide) groups is 1. The van der Waals surface area contributed by atoms with Gasteiger partial charge in [0.2, 0.25) is 0 Å². The number of thiazole rings is 1. The van der Waals surface area contributed by atoms with Crippen molar-refractivity contribution < 1.29 is 19.1 Å². The summed E-state index contributed by atoms with van der Waals surface area (Å²) in [6.07, 6.45) is 0. The molecule has 0 atom stereocenters. The van der Waals surface area contributed by atoms with Crippen LogP contribution in [0.15, 0.2) is 46.0 Å². The Morgan fingerprint density at radius 1 is 1.17 bits per heavy atom. The Hall–Kier alpha value is -2.69. The van der Waals surface area contributed by atoms with E-state index in [4.69, 9.17) is 10.5 Å². The first kappa shape index (κ1) is 21.0. The van der Waals surface area contributed by atoms with Crippen LogP contribution in [0.3, 0.4) is 0 Å². The molecule has 0 aliphatic rings. The van der Waals surface area contributed by atoms with Crippen molar-refractivity contribution >= 4 is 57.2 Å². The molecule has 3 rings (SSSR count). The maximum absolute atomic E-state index is 12.5. The first-order valence-corrected chi connectivity index (χ1v) is 11.2. The standard InChI is InChI=1S/C19H17N3O4S3/c1-11-21-12(9-28-11)10-29-15-5-3-2-4-13(15)19(25)26-8-16(23)22-18-14(17(20)24)6-7-27-18/h2-7,9H,8,10H2,1H3,(H2,20,24)(H,22,23). The van der Waals surface area contributed by atoms with Gasteiger partial charge in [-0.2, -0.15) is 0 Å². The fraction of sp³-hybridized carbons (Fsp3) is 0.158. The van der Waals surface area contributed by atoms with E-state index in [-0.39, 0.29) is 5.56 Å². The van der Waals surface area contributed by atoms with Gasteiger partial charge in [0.05, 0.1) is 21.8 Å². The minimum Gasteiger partial charge on any atom is -0.452 e. The van der Waals surface area contributed by atoms with E-state index in [0.29, 0.717) is 16.3 Å². The molecule has 150 valence electrons. The number of rotatable bonds is 8.